The molecule has 5 atom stereocenters. The van der Waals surface area contributed by atoms with Crippen LogP contribution in [0.3, 0.4) is 0 Å². The van der Waals surface area contributed by atoms with Crippen molar-refractivity contribution in [2.75, 3.05) is 39.6 Å². The molecule has 108 heavy (non-hydrogen) atoms. The quantitative estimate of drug-likeness (QED) is 0.0222. The maximum atomic E-state index is 13.2. The minimum atomic E-state index is -4.97. The summed E-state index contributed by atoms with van der Waals surface area (Å²) in [6, 6.07) is 0. The maximum absolute atomic E-state index is 13.2. The second kappa shape index (κ2) is 81.6. The summed E-state index contributed by atoms with van der Waals surface area (Å²) in [5.74, 6) is -1.37. The Kier molecular flexibility index (Phi) is 80.2. The number of carbonyl (C=O) groups is 4. The number of hydrogen-bond donors (Lipinski definition) is 3. The molecule has 0 aliphatic heterocycles. The number of phosphoric acid groups is 2. The summed E-state index contributed by atoms with van der Waals surface area (Å²) in [5.41, 5.74) is 0. The molecule has 0 aromatic carbocycles. The fourth-order valence-electron chi connectivity index (χ4n) is 14.0. The Morgan fingerprint density at radius 1 is 0.250 bits per heavy atom. The molecule has 0 radical (unpaired) electrons. The lowest BCUT2D eigenvalue weighted by Crippen LogP contribution is -2.30. The standard InChI is InChI=1S/C89H174O17P2/c1-6-9-12-15-18-21-24-27-30-33-36-38-41-44-47-50-53-60-65-70-74-88(93)105-84(78-99-86(91)72-67-62-57-51-48-45-42-40-37-34-31-28-25-22-19-16-13-10-7-2)80-103-107(95,96)101-76-83(90)77-102-108(97,98)104-81-85(79-100-87(92)73-68-63-58-55-54-56-61-66-71-82(4)5)106-89(94)75-69-64-59-52-49-46-43-39-35-32-29-26-23-20-17-14-11-8-3/h82-85,90H,6-81H2,1-5H3,(H,95,96)(H,97,98)/t83-,84-,85-/m1/s1. The molecule has 0 spiro atoms. The van der Waals surface area contributed by atoms with Crippen molar-refractivity contribution >= 4 is 39.5 Å². The van der Waals surface area contributed by atoms with Gasteiger partial charge < -0.3 is 33.8 Å². The van der Waals surface area contributed by atoms with Crippen LogP contribution in [0.15, 0.2) is 0 Å². The van der Waals surface area contributed by atoms with Crippen LogP contribution in [0.2, 0.25) is 0 Å². The van der Waals surface area contributed by atoms with E-state index >= 15 is 0 Å². The number of carbonyl (C=O) groups excluding carboxylic acids is 4. The van der Waals surface area contributed by atoms with E-state index in [1.54, 1.807) is 0 Å². The lowest BCUT2D eigenvalue weighted by Gasteiger charge is -2.21. The minimum absolute atomic E-state index is 0.109. The third-order valence-corrected chi connectivity index (χ3v) is 22.9. The Hall–Kier alpha value is -1.94. The fourth-order valence-corrected chi connectivity index (χ4v) is 15.6. The summed E-state index contributed by atoms with van der Waals surface area (Å²) in [6.45, 7) is 7.35. The molecule has 0 aromatic heterocycles. The van der Waals surface area contributed by atoms with E-state index in [0.717, 1.165) is 95.8 Å². The van der Waals surface area contributed by atoms with E-state index in [9.17, 15) is 43.2 Å². The largest absolute Gasteiger partial charge is 0.472 e. The van der Waals surface area contributed by atoms with Crippen LogP contribution in [-0.2, 0) is 65.4 Å². The van der Waals surface area contributed by atoms with Gasteiger partial charge in [0.1, 0.15) is 19.3 Å². The average Bonchev–Trinajstić information content (AvgIpc) is 0.926. The van der Waals surface area contributed by atoms with Gasteiger partial charge in [-0.15, -0.1) is 0 Å². The monoisotopic (exact) mass is 1580 g/mol. The highest BCUT2D eigenvalue weighted by Crippen LogP contribution is 2.45. The molecule has 0 aromatic rings. The van der Waals surface area contributed by atoms with Crippen molar-refractivity contribution < 1.29 is 80.2 Å². The van der Waals surface area contributed by atoms with Gasteiger partial charge in [0.2, 0.25) is 0 Å². The second-order valence-corrected chi connectivity index (χ2v) is 35.4. The Morgan fingerprint density at radius 3 is 0.630 bits per heavy atom. The fraction of sp³-hybridized carbons (Fsp3) is 0.955. The summed E-state index contributed by atoms with van der Waals surface area (Å²) in [6.07, 6.45) is 76.5. The molecule has 0 rings (SSSR count). The van der Waals surface area contributed by atoms with E-state index in [-0.39, 0.29) is 25.7 Å². The van der Waals surface area contributed by atoms with Crippen LogP contribution in [0.1, 0.15) is 484 Å². The third-order valence-electron chi connectivity index (χ3n) is 21.0. The van der Waals surface area contributed by atoms with Crippen molar-refractivity contribution in [3.8, 4) is 0 Å². The number of esters is 4. The predicted molar refractivity (Wildman–Crippen MR) is 446 cm³/mol. The number of hydrogen-bond acceptors (Lipinski definition) is 15. The first-order chi connectivity index (χ1) is 52.5. The first kappa shape index (κ1) is 106. The Bertz CT molecular complexity index is 2050. The number of ether oxygens (including phenoxy) is 4. The summed E-state index contributed by atoms with van der Waals surface area (Å²) < 4.78 is 69.0. The zero-order valence-corrected chi connectivity index (χ0v) is 72.8. The van der Waals surface area contributed by atoms with Gasteiger partial charge in [-0.25, -0.2) is 9.13 Å². The zero-order chi connectivity index (χ0) is 79.0. The van der Waals surface area contributed by atoms with Crippen LogP contribution < -0.4 is 0 Å². The smallest absolute Gasteiger partial charge is 0.462 e. The van der Waals surface area contributed by atoms with E-state index in [1.807, 2.05) is 0 Å². The predicted octanol–water partition coefficient (Wildman–Crippen LogP) is 27.5. The van der Waals surface area contributed by atoms with Gasteiger partial charge in [-0.3, -0.25) is 37.3 Å². The Balaban J connectivity index is 5.23. The Morgan fingerprint density at radius 2 is 0.426 bits per heavy atom. The highest BCUT2D eigenvalue weighted by atomic mass is 31.2. The average molecular weight is 1580 g/mol. The summed E-state index contributed by atoms with van der Waals surface area (Å²) in [7, 11) is -9.93. The molecule has 0 amide bonds. The molecule has 0 saturated heterocycles. The molecule has 0 fully saturated rings. The summed E-state index contributed by atoms with van der Waals surface area (Å²) in [4.78, 5) is 73.3. The van der Waals surface area contributed by atoms with Crippen LogP contribution in [-0.4, -0.2) is 96.7 Å². The van der Waals surface area contributed by atoms with Crippen molar-refractivity contribution in [3.63, 3.8) is 0 Å². The molecular formula is C89H174O17P2. The first-order valence-corrected chi connectivity index (χ1v) is 49.1. The van der Waals surface area contributed by atoms with Gasteiger partial charge in [-0.2, -0.15) is 0 Å². The summed E-state index contributed by atoms with van der Waals surface area (Å²) >= 11 is 0. The van der Waals surface area contributed by atoms with Crippen molar-refractivity contribution in [3.05, 3.63) is 0 Å². The van der Waals surface area contributed by atoms with Crippen molar-refractivity contribution in [2.45, 2.75) is 502 Å². The molecule has 0 bridgehead atoms. The molecule has 3 N–H and O–H groups in total. The number of rotatable bonds is 89. The molecule has 0 saturated carbocycles. The minimum Gasteiger partial charge on any atom is -0.462 e. The maximum Gasteiger partial charge on any atom is 0.472 e. The van der Waals surface area contributed by atoms with Gasteiger partial charge in [0.05, 0.1) is 26.4 Å². The van der Waals surface area contributed by atoms with Gasteiger partial charge in [-0.05, 0) is 31.6 Å². The molecule has 0 aliphatic rings. The van der Waals surface area contributed by atoms with Crippen molar-refractivity contribution in [1.29, 1.82) is 0 Å². The van der Waals surface area contributed by atoms with E-state index in [0.29, 0.717) is 25.7 Å². The Labute approximate surface area is 664 Å². The van der Waals surface area contributed by atoms with Crippen LogP contribution in [0.5, 0.6) is 0 Å². The topological polar surface area (TPSA) is 237 Å². The van der Waals surface area contributed by atoms with Gasteiger partial charge >= 0.3 is 39.5 Å². The molecule has 19 heteroatoms. The molecule has 642 valence electrons. The number of unbranched alkanes of at least 4 members (excludes halogenated alkanes) is 61. The van der Waals surface area contributed by atoms with Crippen molar-refractivity contribution in [2.24, 2.45) is 5.92 Å². The number of aliphatic hydroxyl groups is 1. The van der Waals surface area contributed by atoms with Crippen LogP contribution in [0, 0.1) is 5.92 Å². The normalized spacial score (nSPS) is 13.7. The second-order valence-electron chi connectivity index (χ2n) is 32.5. The van der Waals surface area contributed by atoms with E-state index in [4.69, 9.17) is 37.0 Å². The van der Waals surface area contributed by atoms with Gasteiger partial charge in [0, 0.05) is 25.7 Å². The van der Waals surface area contributed by atoms with Crippen LogP contribution >= 0.6 is 15.6 Å². The van der Waals surface area contributed by atoms with Gasteiger partial charge in [-0.1, -0.05) is 433 Å². The van der Waals surface area contributed by atoms with Crippen LogP contribution in [0.4, 0.5) is 0 Å². The molecule has 0 aliphatic carbocycles. The number of aliphatic hydroxyl groups excluding tert-OH is 1. The van der Waals surface area contributed by atoms with Gasteiger partial charge in [0.25, 0.3) is 0 Å². The molecule has 0 heterocycles. The summed E-state index contributed by atoms with van der Waals surface area (Å²) in [5, 5.41) is 10.7. The zero-order valence-electron chi connectivity index (χ0n) is 71.0. The first-order valence-electron chi connectivity index (χ1n) is 46.1. The highest BCUT2D eigenvalue weighted by molar-refractivity contribution is 7.47. The van der Waals surface area contributed by atoms with Gasteiger partial charge in [0.15, 0.2) is 12.2 Å². The SMILES string of the molecule is CCCCCCCCCCCCCCCCCCCCCCC(=O)O[C@H](COC(=O)CCCCCCCCCCCCCCCCCCCCC)COP(=O)(O)OC[C@@H](O)COP(=O)(O)OC[C@@H](COC(=O)CCCCCCCCCCC(C)C)OC(=O)CCCCCCCCCCCCCCCCCCCC. The van der Waals surface area contributed by atoms with E-state index in [2.05, 4.69) is 34.6 Å². The lowest BCUT2D eigenvalue weighted by atomic mass is 10.0. The molecule has 2 unspecified atom stereocenters. The van der Waals surface area contributed by atoms with Crippen LogP contribution in [0.25, 0.3) is 0 Å². The number of phosphoric ester groups is 2. The van der Waals surface area contributed by atoms with E-state index < -0.39 is 97.5 Å². The molecule has 17 nitrogen and oxygen atoms in total. The third kappa shape index (κ3) is 82.1. The van der Waals surface area contributed by atoms with E-state index in [1.165, 1.54) is 308 Å². The lowest BCUT2D eigenvalue weighted by molar-refractivity contribution is -0.161. The van der Waals surface area contributed by atoms with Crippen molar-refractivity contribution in [1.82, 2.24) is 0 Å². The molecular weight excluding hydrogens is 1400 g/mol. The highest BCUT2D eigenvalue weighted by Gasteiger charge is 2.30.